The Morgan fingerprint density at radius 1 is 1.20 bits per heavy atom. The molecule has 0 aliphatic carbocycles. The Balaban J connectivity index is 0.00000124. The summed E-state index contributed by atoms with van der Waals surface area (Å²) in [5, 5.41) is 5.79. The molecule has 9 heteroatoms. The number of H-pyrrole nitrogens is 1. The number of aromatic nitrogens is 6. The lowest BCUT2D eigenvalue weighted by atomic mass is 10.1. The number of nitrogens with zero attached hydrogens (tertiary/aromatic N) is 6. The van der Waals surface area contributed by atoms with Crippen molar-refractivity contribution in [1.82, 2.24) is 29.6 Å². The zero-order valence-corrected chi connectivity index (χ0v) is 18.3. The van der Waals surface area contributed by atoms with Crippen molar-refractivity contribution in [3.05, 3.63) is 52.6 Å². The zero-order chi connectivity index (χ0) is 21.8. The fourth-order valence-electron chi connectivity index (χ4n) is 3.41. The highest BCUT2D eigenvalue weighted by Crippen LogP contribution is 2.24. The largest absolute Gasteiger partial charge is 0.358 e. The molecule has 3 aromatic heterocycles. The molecule has 4 rings (SSSR count). The molecule has 0 fully saturated rings. The summed E-state index contributed by atoms with van der Waals surface area (Å²) in [5.74, 6) is 1.25. The maximum absolute atomic E-state index is 13.3. The van der Waals surface area contributed by atoms with E-state index in [1.54, 1.807) is 16.0 Å². The Kier molecular flexibility index (Phi) is 6.29. The van der Waals surface area contributed by atoms with Gasteiger partial charge in [0, 0.05) is 14.1 Å². The Labute approximate surface area is 175 Å². The van der Waals surface area contributed by atoms with E-state index in [-0.39, 0.29) is 11.6 Å². The van der Waals surface area contributed by atoms with Crippen molar-refractivity contribution in [3.63, 3.8) is 0 Å². The molecule has 158 valence electrons. The molecule has 0 amide bonds. The summed E-state index contributed by atoms with van der Waals surface area (Å²) in [6, 6.07) is 5.48. The number of rotatable bonds is 5. The molecule has 9 nitrogen and oxygen atoms in total. The van der Waals surface area contributed by atoms with E-state index in [1.807, 2.05) is 60.0 Å². The van der Waals surface area contributed by atoms with Crippen LogP contribution in [0.4, 0.5) is 5.82 Å². The number of aryl methyl sites for hydroxylation is 1. The van der Waals surface area contributed by atoms with Gasteiger partial charge in [-0.3, -0.25) is 4.79 Å². The number of anilines is 1. The van der Waals surface area contributed by atoms with Crippen molar-refractivity contribution in [1.29, 1.82) is 0 Å². The second-order valence-corrected chi connectivity index (χ2v) is 6.83. The molecule has 0 saturated heterocycles. The van der Waals surface area contributed by atoms with Crippen molar-refractivity contribution in [3.8, 4) is 0 Å². The van der Waals surface area contributed by atoms with E-state index in [0.717, 1.165) is 11.1 Å². The van der Waals surface area contributed by atoms with Crippen LogP contribution in [-0.4, -0.2) is 43.7 Å². The Bertz CT molecular complexity index is 1210. The summed E-state index contributed by atoms with van der Waals surface area (Å²) < 4.78 is 1.61. The molecule has 1 atom stereocenters. The van der Waals surface area contributed by atoms with E-state index in [9.17, 15) is 4.79 Å². The molecule has 0 saturated carbocycles. The molecule has 1 unspecified atom stereocenters. The molecule has 0 aliphatic rings. The van der Waals surface area contributed by atoms with Crippen molar-refractivity contribution in [2.24, 2.45) is 0 Å². The fourth-order valence-corrected chi connectivity index (χ4v) is 3.41. The molecule has 4 aromatic rings. The van der Waals surface area contributed by atoms with Gasteiger partial charge in [-0.2, -0.15) is 0 Å². The van der Waals surface area contributed by atoms with Crippen LogP contribution >= 0.6 is 0 Å². The van der Waals surface area contributed by atoms with Crippen LogP contribution in [0.5, 0.6) is 0 Å². The van der Waals surface area contributed by atoms with Gasteiger partial charge in [-0.15, -0.1) is 0 Å². The van der Waals surface area contributed by atoms with Gasteiger partial charge in [0.05, 0.1) is 23.3 Å². The van der Waals surface area contributed by atoms with Gasteiger partial charge in [0.25, 0.3) is 5.56 Å². The van der Waals surface area contributed by atoms with E-state index >= 15 is 0 Å². The lowest BCUT2D eigenvalue weighted by Gasteiger charge is -2.26. The number of hydrogen-bond donors (Lipinski definition) is 2. The number of nitrogens with one attached hydrogen (secondary N) is 2. The van der Waals surface area contributed by atoms with Crippen molar-refractivity contribution < 1.29 is 0 Å². The number of hydrogen-bond acceptors (Lipinski definition) is 7. The fraction of sp³-hybridized carbons (Fsp3) is 0.381. The highest BCUT2D eigenvalue weighted by molar-refractivity contribution is 5.83. The van der Waals surface area contributed by atoms with Gasteiger partial charge in [-0.25, -0.2) is 24.6 Å². The topological polar surface area (TPSA) is 105 Å². The van der Waals surface area contributed by atoms with Gasteiger partial charge < -0.3 is 15.3 Å². The van der Waals surface area contributed by atoms with Crippen LogP contribution in [0.2, 0.25) is 0 Å². The molecule has 0 bridgehead atoms. The van der Waals surface area contributed by atoms with Crippen LogP contribution in [0.3, 0.4) is 0 Å². The van der Waals surface area contributed by atoms with Gasteiger partial charge in [0.2, 0.25) is 0 Å². The highest BCUT2D eigenvalue weighted by Gasteiger charge is 2.22. The van der Waals surface area contributed by atoms with E-state index in [0.29, 0.717) is 34.6 Å². The van der Waals surface area contributed by atoms with Gasteiger partial charge in [0.1, 0.15) is 11.8 Å². The van der Waals surface area contributed by atoms with Gasteiger partial charge in [0.15, 0.2) is 17.3 Å². The molecular weight excluding hydrogens is 380 g/mol. The van der Waals surface area contributed by atoms with E-state index < -0.39 is 0 Å². The number of benzene rings is 1. The molecule has 0 radical (unpaired) electrons. The van der Waals surface area contributed by atoms with Crippen molar-refractivity contribution in [2.45, 2.75) is 40.2 Å². The predicted octanol–water partition coefficient (Wildman–Crippen LogP) is 3.16. The first-order valence-corrected chi connectivity index (χ1v) is 10.1. The number of aromatic amines is 1. The maximum atomic E-state index is 13.3. The molecule has 2 N–H and O–H groups in total. The molecule has 3 heterocycles. The van der Waals surface area contributed by atoms with E-state index in [1.165, 1.54) is 6.33 Å². The highest BCUT2D eigenvalue weighted by atomic mass is 16.1. The van der Waals surface area contributed by atoms with Crippen LogP contribution < -0.4 is 15.9 Å². The quantitative estimate of drug-likeness (QED) is 0.523. The van der Waals surface area contributed by atoms with Crippen LogP contribution in [0.1, 0.15) is 44.6 Å². The van der Waals surface area contributed by atoms with Crippen LogP contribution in [0.15, 0.2) is 35.6 Å². The number of fused-ring (bicyclic) bond motifs is 2. The minimum Gasteiger partial charge on any atom is -0.358 e. The normalized spacial score (nSPS) is 11.8. The second kappa shape index (κ2) is 8.89. The molecular formula is C21H28N8O. The minimum absolute atomic E-state index is 0.0854. The van der Waals surface area contributed by atoms with Gasteiger partial charge in [-0.05, 0) is 25.0 Å². The Hall–Kier alpha value is -3.49. The van der Waals surface area contributed by atoms with Gasteiger partial charge in [-0.1, -0.05) is 32.9 Å². The SMILES string of the molecule is CC.CCC(Nc1ncnc2nc[nH]c12)c1nc2cccc(C)c2c(=O)n1N(C)C. The summed E-state index contributed by atoms with van der Waals surface area (Å²) in [6.45, 7) is 7.96. The smallest absolute Gasteiger partial charge is 0.280 e. The first-order valence-electron chi connectivity index (χ1n) is 10.1. The summed E-state index contributed by atoms with van der Waals surface area (Å²) in [6.07, 6.45) is 3.75. The summed E-state index contributed by atoms with van der Waals surface area (Å²) in [5.41, 5.74) is 2.81. The summed E-state index contributed by atoms with van der Waals surface area (Å²) in [7, 11) is 3.67. The molecule has 0 spiro atoms. The predicted molar refractivity (Wildman–Crippen MR) is 120 cm³/mol. The van der Waals surface area contributed by atoms with Crippen LogP contribution in [0, 0.1) is 6.92 Å². The first kappa shape index (κ1) is 21.2. The van der Waals surface area contributed by atoms with E-state index in [2.05, 4.69) is 25.3 Å². The molecule has 30 heavy (non-hydrogen) atoms. The lowest BCUT2D eigenvalue weighted by Crippen LogP contribution is -2.41. The van der Waals surface area contributed by atoms with E-state index in [4.69, 9.17) is 4.98 Å². The van der Waals surface area contributed by atoms with Crippen LogP contribution in [-0.2, 0) is 0 Å². The summed E-state index contributed by atoms with van der Waals surface area (Å²) >= 11 is 0. The zero-order valence-electron chi connectivity index (χ0n) is 18.3. The second-order valence-electron chi connectivity index (χ2n) is 6.83. The average molecular weight is 409 g/mol. The monoisotopic (exact) mass is 408 g/mol. The van der Waals surface area contributed by atoms with Gasteiger partial charge >= 0.3 is 0 Å². The Morgan fingerprint density at radius 2 is 1.97 bits per heavy atom. The molecule has 1 aromatic carbocycles. The van der Waals surface area contributed by atoms with Crippen molar-refractivity contribution >= 4 is 27.9 Å². The first-order chi connectivity index (χ1) is 14.5. The minimum atomic E-state index is -0.235. The van der Waals surface area contributed by atoms with Crippen LogP contribution in [0.25, 0.3) is 22.1 Å². The third-order valence-electron chi connectivity index (χ3n) is 4.76. The average Bonchev–Trinajstić information content (AvgIpc) is 3.22. The third kappa shape index (κ3) is 3.70. The molecule has 0 aliphatic heterocycles. The maximum Gasteiger partial charge on any atom is 0.280 e. The standard InChI is InChI=1S/C19H22N8O.C2H6/c1-5-12(24-17-15-16(21-9-20-15)22-10-23-17)18-25-13-8-6-7-11(2)14(13)19(28)27(18)26(3)4;1-2/h6-10,12H,5H2,1-4H3,(H2,20,21,22,23,24);1-2H3. The number of imidazole rings is 1. The lowest BCUT2D eigenvalue weighted by molar-refractivity contribution is 0.579. The third-order valence-corrected chi connectivity index (χ3v) is 4.76. The Morgan fingerprint density at radius 3 is 2.67 bits per heavy atom. The van der Waals surface area contributed by atoms with Crippen molar-refractivity contribution in [2.75, 3.05) is 24.4 Å². The summed E-state index contributed by atoms with van der Waals surface area (Å²) in [4.78, 5) is 33.8.